The van der Waals surface area contributed by atoms with Crippen LogP contribution < -0.4 is 4.90 Å². The summed E-state index contributed by atoms with van der Waals surface area (Å²) >= 11 is 0. The van der Waals surface area contributed by atoms with E-state index in [1.807, 2.05) is 43.3 Å². The molecule has 0 N–H and O–H groups in total. The maximum Gasteiger partial charge on any atom is 0.301 e. The van der Waals surface area contributed by atoms with Crippen LogP contribution in [-0.2, 0) is 0 Å². The molecule has 0 saturated heterocycles. The lowest BCUT2D eigenvalue weighted by atomic mass is 10.2. The van der Waals surface area contributed by atoms with Crippen LogP contribution in [0.3, 0.4) is 0 Å². The number of benzene rings is 1. The summed E-state index contributed by atoms with van der Waals surface area (Å²) < 4.78 is 35.9. The van der Waals surface area contributed by atoms with E-state index in [2.05, 4.69) is 4.99 Å². The quantitative estimate of drug-likeness (QED) is 0.734. The Kier molecular flexibility index (Phi) is 5.42. The maximum absolute atomic E-state index is 12.4. The number of anilines is 1. The van der Waals surface area contributed by atoms with Crippen molar-refractivity contribution in [2.75, 3.05) is 25.5 Å². The summed E-state index contributed by atoms with van der Waals surface area (Å²) in [5, 5.41) is 0. The van der Waals surface area contributed by atoms with E-state index in [4.69, 9.17) is 0 Å². The van der Waals surface area contributed by atoms with Crippen molar-refractivity contribution in [2.45, 2.75) is 6.42 Å². The van der Waals surface area contributed by atoms with Crippen molar-refractivity contribution in [3.8, 4) is 0 Å². The van der Waals surface area contributed by atoms with Crippen LogP contribution in [0.2, 0.25) is 0 Å². The minimum atomic E-state index is -2.26. The third kappa shape index (κ3) is 4.61. The van der Waals surface area contributed by atoms with Gasteiger partial charge in [0.15, 0.2) is 5.83 Å². The van der Waals surface area contributed by atoms with Crippen LogP contribution in [0.25, 0.3) is 0 Å². The van der Waals surface area contributed by atoms with Crippen molar-refractivity contribution in [1.29, 1.82) is 0 Å². The van der Waals surface area contributed by atoms with Gasteiger partial charge in [0.05, 0.1) is 0 Å². The molecule has 98 valence electrons. The zero-order valence-corrected chi connectivity index (χ0v) is 10.3. The largest absolute Gasteiger partial charge is 0.378 e. The molecule has 1 aromatic rings. The van der Waals surface area contributed by atoms with E-state index in [9.17, 15) is 13.2 Å². The highest BCUT2D eigenvalue weighted by molar-refractivity contribution is 5.80. The molecule has 0 atom stereocenters. The van der Waals surface area contributed by atoms with E-state index in [1.165, 1.54) is 0 Å². The summed E-state index contributed by atoms with van der Waals surface area (Å²) in [6.07, 6.45) is -1.09. The molecule has 0 fully saturated rings. The van der Waals surface area contributed by atoms with Gasteiger partial charge in [-0.1, -0.05) is 12.1 Å². The van der Waals surface area contributed by atoms with Crippen LogP contribution in [-0.4, -0.2) is 26.9 Å². The highest BCUT2D eigenvalue weighted by Crippen LogP contribution is 2.13. The molecule has 1 rings (SSSR count). The van der Waals surface area contributed by atoms with E-state index in [0.29, 0.717) is 0 Å². The lowest BCUT2D eigenvalue weighted by molar-refractivity contribution is 0.371. The molecule has 0 aliphatic rings. The summed E-state index contributed by atoms with van der Waals surface area (Å²) in [6, 6.07) is 7.56. The average Bonchev–Trinajstić information content (AvgIpc) is 2.34. The number of halogens is 3. The summed E-state index contributed by atoms with van der Waals surface area (Å²) in [5.74, 6) is -1.39. The van der Waals surface area contributed by atoms with Gasteiger partial charge >= 0.3 is 6.08 Å². The molecule has 5 heteroatoms. The second-order valence-corrected chi connectivity index (χ2v) is 3.94. The van der Waals surface area contributed by atoms with Gasteiger partial charge in [0, 0.05) is 39.0 Å². The van der Waals surface area contributed by atoms with Gasteiger partial charge in [0.2, 0.25) is 0 Å². The highest BCUT2D eigenvalue weighted by atomic mass is 19.3. The molecule has 0 unspecified atom stereocenters. The fourth-order valence-electron chi connectivity index (χ4n) is 1.29. The van der Waals surface area contributed by atoms with Gasteiger partial charge in [0.25, 0.3) is 0 Å². The van der Waals surface area contributed by atoms with Gasteiger partial charge in [-0.25, -0.2) is 4.39 Å². The van der Waals surface area contributed by atoms with E-state index >= 15 is 0 Å². The molecule has 0 aliphatic carbocycles. The van der Waals surface area contributed by atoms with Gasteiger partial charge in [-0.3, -0.25) is 4.99 Å². The monoisotopic (exact) mass is 256 g/mol. The Morgan fingerprint density at radius 2 is 1.78 bits per heavy atom. The van der Waals surface area contributed by atoms with E-state index in [0.717, 1.165) is 11.3 Å². The Morgan fingerprint density at radius 1 is 1.17 bits per heavy atom. The van der Waals surface area contributed by atoms with Crippen LogP contribution >= 0.6 is 0 Å². The predicted molar refractivity (Wildman–Crippen MR) is 68.2 cm³/mol. The number of hydrogen-bond acceptors (Lipinski definition) is 2. The van der Waals surface area contributed by atoms with Crippen molar-refractivity contribution >= 4 is 11.9 Å². The maximum atomic E-state index is 12.4. The van der Waals surface area contributed by atoms with E-state index in [-0.39, 0.29) is 13.0 Å². The third-order valence-corrected chi connectivity index (χ3v) is 2.32. The third-order valence-electron chi connectivity index (χ3n) is 2.32. The van der Waals surface area contributed by atoms with Gasteiger partial charge in [-0.2, -0.15) is 8.78 Å². The first-order chi connectivity index (χ1) is 8.50. The second kappa shape index (κ2) is 6.83. The molecule has 0 aliphatic heterocycles. The topological polar surface area (TPSA) is 15.6 Å². The zero-order valence-electron chi connectivity index (χ0n) is 10.3. The van der Waals surface area contributed by atoms with E-state index in [1.54, 1.807) is 6.21 Å². The Bertz CT molecular complexity index is 432. The molecule has 18 heavy (non-hydrogen) atoms. The Hall–Kier alpha value is -1.78. The Morgan fingerprint density at radius 3 is 2.28 bits per heavy atom. The average molecular weight is 256 g/mol. The molecule has 1 aromatic carbocycles. The molecule has 0 amide bonds. The number of nitrogens with zero attached hydrogens (tertiary/aromatic N) is 2. The number of hydrogen-bond donors (Lipinski definition) is 0. The van der Waals surface area contributed by atoms with E-state index < -0.39 is 11.9 Å². The minimum Gasteiger partial charge on any atom is -0.378 e. The van der Waals surface area contributed by atoms with Crippen molar-refractivity contribution in [3.63, 3.8) is 0 Å². The standard InChI is InChI=1S/C13H15F3N2/c1-18(2)11-5-3-10(4-6-11)9-17-8-7-12(14)13(15)16/h3-6,9H,7-8H2,1-2H3. The summed E-state index contributed by atoms with van der Waals surface area (Å²) in [4.78, 5) is 5.86. The van der Waals surface area contributed by atoms with Gasteiger partial charge in [-0.15, -0.1) is 0 Å². The lowest BCUT2D eigenvalue weighted by Crippen LogP contribution is -2.08. The fourth-order valence-corrected chi connectivity index (χ4v) is 1.29. The van der Waals surface area contributed by atoms with Gasteiger partial charge in [0.1, 0.15) is 0 Å². The number of rotatable bonds is 5. The van der Waals surface area contributed by atoms with Crippen LogP contribution in [0.4, 0.5) is 18.9 Å². The predicted octanol–water partition coefficient (Wildman–Crippen LogP) is 3.64. The summed E-state index contributed by atoms with van der Waals surface area (Å²) in [7, 11) is 3.87. The Balaban J connectivity index is 2.50. The van der Waals surface area contributed by atoms with Crippen molar-refractivity contribution in [3.05, 3.63) is 41.7 Å². The first-order valence-electron chi connectivity index (χ1n) is 5.47. The summed E-state index contributed by atoms with van der Waals surface area (Å²) in [6.45, 7) is 0.0125. The van der Waals surface area contributed by atoms with Crippen molar-refractivity contribution in [2.24, 2.45) is 4.99 Å². The number of aliphatic imine (C=N–C) groups is 1. The van der Waals surface area contributed by atoms with Crippen LogP contribution in [0, 0.1) is 0 Å². The molecule has 0 bridgehead atoms. The smallest absolute Gasteiger partial charge is 0.301 e. The lowest BCUT2D eigenvalue weighted by Gasteiger charge is -2.11. The highest BCUT2D eigenvalue weighted by Gasteiger charge is 2.02. The second-order valence-electron chi connectivity index (χ2n) is 3.94. The SMILES string of the molecule is CN(C)c1ccc(C=NCCC(F)=C(F)F)cc1. The van der Waals surface area contributed by atoms with Gasteiger partial charge in [-0.05, 0) is 17.7 Å². The minimum absolute atomic E-state index is 0.0125. The molecule has 0 radical (unpaired) electrons. The fraction of sp³-hybridized carbons (Fsp3) is 0.308. The first kappa shape index (κ1) is 14.3. The molecular weight excluding hydrogens is 241 g/mol. The molecule has 0 aromatic heterocycles. The summed E-state index contributed by atoms with van der Waals surface area (Å²) in [5.41, 5.74) is 1.91. The molecule has 0 spiro atoms. The van der Waals surface area contributed by atoms with Crippen molar-refractivity contribution < 1.29 is 13.2 Å². The van der Waals surface area contributed by atoms with Crippen LogP contribution in [0.15, 0.2) is 41.2 Å². The first-order valence-corrected chi connectivity index (χ1v) is 5.47. The molecule has 0 heterocycles. The molecule has 2 nitrogen and oxygen atoms in total. The molecular formula is C13H15F3N2. The Labute approximate surface area is 104 Å². The van der Waals surface area contributed by atoms with Gasteiger partial charge < -0.3 is 4.90 Å². The normalized spacial score (nSPS) is 10.7. The zero-order chi connectivity index (χ0) is 13.5. The van der Waals surface area contributed by atoms with Crippen molar-refractivity contribution in [1.82, 2.24) is 0 Å². The van der Waals surface area contributed by atoms with Crippen LogP contribution in [0.5, 0.6) is 0 Å². The molecule has 0 saturated carbocycles. The van der Waals surface area contributed by atoms with Crippen LogP contribution in [0.1, 0.15) is 12.0 Å².